The largest absolute Gasteiger partial charge is 0.421 e. The van der Waals surface area contributed by atoms with Crippen molar-refractivity contribution in [3.63, 3.8) is 0 Å². The van der Waals surface area contributed by atoms with Gasteiger partial charge in [-0.25, -0.2) is 8.42 Å². The number of nitrogens with zero attached hydrogens (tertiary/aromatic N) is 3. The molecule has 0 unspecified atom stereocenters. The molecule has 3 saturated heterocycles. The van der Waals surface area contributed by atoms with Crippen LogP contribution in [0.2, 0.25) is 0 Å². The first kappa shape index (κ1) is 27.7. The van der Waals surface area contributed by atoms with Gasteiger partial charge < -0.3 is 14.7 Å². The van der Waals surface area contributed by atoms with Crippen molar-refractivity contribution in [1.82, 2.24) is 9.21 Å². The van der Waals surface area contributed by atoms with E-state index in [1.165, 1.54) is 16.4 Å². The average molecular weight is 572 g/mol. The zero-order valence-electron chi connectivity index (χ0n) is 21.1. The van der Waals surface area contributed by atoms with Crippen LogP contribution in [0.15, 0.2) is 47.4 Å². The van der Waals surface area contributed by atoms with Gasteiger partial charge in [0.05, 0.1) is 17.1 Å². The number of fused-ring (bicyclic) bond motifs is 1. The third-order valence-corrected chi connectivity index (χ3v) is 10.5. The second kappa shape index (κ2) is 10.3. The molecule has 3 fully saturated rings. The predicted molar refractivity (Wildman–Crippen MR) is 142 cm³/mol. The van der Waals surface area contributed by atoms with Gasteiger partial charge in [0.1, 0.15) is 0 Å². The summed E-state index contributed by atoms with van der Waals surface area (Å²) in [5, 5.41) is 10.1. The highest BCUT2D eigenvalue weighted by Gasteiger charge is 2.51. The van der Waals surface area contributed by atoms with Gasteiger partial charge >= 0.3 is 6.18 Å². The fourth-order valence-corrected chi connectivity index (χ4v) is 7.86. The minimum Gasteiger partial charge on any atom is -0.377 e. The third kappa shape index (κ3) is 5.18. The number of piperazine rings is 1. The lowest BCUT2D eigenvalue weighted by Gasteiger charge is -2.44. The number of sulfonamides is 1. The molecule has 1 aromatic carbocycles. The summed E-state index contributed by atoms with van der Waals surface area (Å²) in [7, 11) is -3.79. The van der Waals surface area contributed by atoms with Crippen molar-refractivity contribution < 1.29 is 31.4 Å². The van der Waals surface area contributed by atoms with Crippen LogP contribution in [0.5, 0.6) is 0 Å². The quantitative estimate of drug-likeness (QED) is 0.526. The molecule has 1 N–H and O–H groups in total. The van der Waals surface area contributed by atoms with Crippen LogP contribution < -0.4 is 4.90 Å². The van der Waals surface area contributed by atoms with Crippen LogP contribution >= 0.6 is 12.2 Å². The summed E-state index contributed by atoms with van der Waals surface area (Å²) in [5.74, 6) is 0.465. The summed E-state index contributed by atoms with van der Waals surface area (Å²) >= 11 is 5.35. The van der Waals surface area contributed by atoms with Crippen LogP contribution in [0.1, 0.15) is 25.3 Å². The maximum atomic E-state index is 13.5. The monoisotopic (exact) mass is 571 g/mol. The van der Waals surface area contributed by atoms with E-state index in [-0.39, 0.29) is 35.7 Å². The number of alkyl halides is 3. The van der Waals surface area contributed by atoms with Crippen LogP contribution in [-0.4, -0.2) is 91.8 Å². The molecule has 1 aromatic rings. The molecule has 0 spiro atoms. The van der Waals surface area contributed by atoms with E-state index in [0.717, 1.165) is 33.0 Å². The van der Waals surface area contributed by atoms with Crippen LogP contribution in [0.4, 0.5) is 18.9 Å². The number of benzene rings is 1. The van der Waals surface area contributed by atoms with E-state index in [0.29, 0.717) is 36.0 Å². The summed E-state index contributed by atoms with van der Waals surface area (Å²) in [6, 6.07) is 5.47. The Morgan fingerprint density at radius 2 is 1.87 bits per heavy atom. The predicted octanol–water partition coefficient (Wildman–Crippen LogP) is 3.21. The average Bonchev–Trinajstić information content (AvgIpc) is 3.45. The second-order valence-corrected chi connectivity index (χ2v) is 13.0. The van der Waals surface area contributed by atoms with Crippen molar-refractivity contribution in [2.45, 2.75) is 43.7 Å². The maximum absolute atomic E-state index is 13.5. The van der Waals surface area contributed by atoms with Gasteiger partial charge in [-0.1, -0.05) is 36.5 Å². The molecule has 7 nitrogen and oxygen atoms in total. The van der Waals surface area contributed by atoms with E-state index in [2.05, 4.69) is 9.80 Å². The molecule has 3 heterocycles. The zero-order valence-corrected chi connectivity index (χ0v) is 22.7. The minimum absolute atomic E-state index is 0.157. The molecule has 0 radical (unpaired) electrons. The topological polar surface area (TPSA) is 73.3 Å². The normalized spacial score (nSPS) is 28.9. The third-order valence-electron chi connectivity index (χ3n) is 8.08. The summed E-state index contributed by atoms with van der Waals surface area (Å²) in [6.07, 6.45) is 1.88. The molecule has 0 amide bonds. The standard InChI is InChI=1S/C26H32F3N3O4S2/c1-25(33,26(27,28)29)19-6-8-20(9-7-19)32-12-11-31(38(34,35)24-5-3-2-4-23(24)37)16-21(32)15-30-14-18-10-13-36-22(18)17-30/h2-3,5-9,18,21-22,33H,4,10-17H2,1H3/t18-,21-,22+,25-/m0/s1. The highest BCUT2D eigenvalue weighted by molar-refractivity contribution is 7.96. The van der Waals surface area contributed by atoms with Gasteiger partial charge in [0.2, 0.25) is 10.0 Å². The van der Waals surface area contributed by atoms with E-state index in [4.69, 9.17) is 17.0 Å². The van der Waals surface area contributed by atoms with E-state index >= 15 is 0 Å². The fourth-order valence-electron chi connectivity index (χ4n) is 5.79. The highest BCUT2D eigenvalue weighted by atomic mass is 32.2. The first-order valence-electron chi connectivity index (χ1n) is 12.8. The number of allylic oxidation sites excluding steroid dienone is 4. The Kier molecular flexibility index (Phi) is 7.51. The Labute approximate surface area is 226 Å². The molecule has 38 heavy (non-hydrogen) atoms. The van der Waals surface area contributed by atoms with Crippen molar-refractivity contribution in [2.75, 3.05) is 50.8 Å². The number of thiocarbonyl (C=S) groups is 1. The Morgan fingerprint density at radius 1 is 1.13 bits per heavy atom. The molecule has 4 atom stereocenters. The molecular formula is C26H32F3N3O4S2. The van der Waals surface area contributed by atoms with Gasteiger partial charge in [0.25, 0.3) is 0 Å². The van der Waals surface area contributed by atoms with Crippen LogP contribution in [0, 0.1) is 5.92 Å². The molecule has 0 saturated carbocycles. The van der Waals surface area contributed by atoms with E-state index in [1.54, 1.807) is 24.3 Å². The van der Waals surface area contributed by atoms with Crippen LogP contribution in [0.3, 0.4) is 0 Å². The molecule has 0 bridgehead atoms. The van der Waals surface area contributed by atoms with Gasteiger partial charge in [-0.2, -0.15) is 17.5 Å². The smallest absolute Gasteiger partial charge is 0.377 e. The van der Waals surface area contributed by atoms with Crippen molar-refractivity contribution in [2.24, 2.45) is 5.92 Å². The lowest BCUT2D eigenvalue weighted by molar-refractivity contribution is -0.258. The Bertz CT molecular complexity index is 1220. The van der Waals surface area contributed by atoms with Gasteiger partial charge in [-0.05, 0) is 37.1 Å². The van der Waals surface area contributed by atoms with Gasteiger partial charge in [0, 0.05) is 68.8 Å². The molecule has 12 heteroatoms. The molecule has 1 aliphatic carbocycles. The van der Waals surface area contributed by atoms with Crippen molar-refractivity contribution in [3.05, 3.63) is 53.0 Å². The SMILES string of the molecule is C[C@](O)(c1ccc(N2CCN(S(=O)(=O)C3=CC=CCC3=S)C[C@@H]2CN2C[C@@H]3CCO[C@@H]3C2)cc1)C(F)(F)F. The summed E-state index contributed by atoms with van der Waals surface area (Å²) in [5.41, 5.74) is -2.53. The number of halogens is 3. The molecular weight excluding hydrogens is 539 g/mol. The van der Waals surface area contributed by atoms with Gasteiger partial charge in [-0.3, -0.25) is 4.90 Å². The fraction of sp³-hybridized carbons (Fsp3) is 0.577. The molecule has 3 aliphatic heterocycles. The van der Waals surface area contributed by atoms with Gasteiger partial charge in [-0.15, -0.1) is 0 Å². The van der Waals surface area contributed by atoms with E-state index in [9.17, 15) is 26.7 Å². The minimum atomic E-state index is -4.81. The zero-order chi connectivity index (χ0) is 27.3. The number of likely N-dealkylation sites (tertiary alicyclic amines) is 1. The summed E-state index contributed by atoms with van der Waals surface area (Å²) in [6.45, 7) is 4.55. The second-order valence-electron chi connectivity index (χ2n) is 10.6. The van der Waals surface area contributed by atoms with E-state index in [1.807, 2.05) is 6.08 Å². The molecule has 5 rings (SSSR count). The lowest BCUT2D eigenvalue weighted by Crippen LogP contribution is -2.58. The highest BCUT2D eigenvalue weighted by Crippen LogP contribution is 2.39. The van der Waals surface area contributed by atoms with Crippen LogP contribution in [0.25, 0.3) is 0 Å². The Hall–Kier alpha value is -1.83. The molecule has 4 aliphatic rings. The van der Waals surface area contributed by atoms with Crippen molar-refractivity contribution in [3.8, 4) is 0 Å². The number of hydrogen-bond donors (Lipinski definition) is 1. The number of aliphatic hydroxyl groups is 1. The van der Waals surface area contributed by atoms with Crippen molar-refractivity contribution >= 4 is 32.8 Å². The maximum Gasteiger partial charge on any atom is 0.421 e. The van der Waals surface area contributed by atoms with E-state index < -0.39 is 21.8 Å². The number of ether oxygens (including phenoxy) is 1. The molecule has 0 aromatic heterocycles. The number of hydrogen-bond acceptors (Lipinski definition) is 7. The van der Waals surface area contributed by atoms with Gasteiger partial charge in [0.15, 0.2) is 5.60 Å². The number of anilines is 1. The summed E-state index contributed by atoms with van der Waals surface area (Å²) < 4.78 is 74.4. The van der Waals surface area contributed by atoms with Crippen LogP contribution in [-0.2, 0) is 20.4 Å². The first-order chi connectivity index (χ1) is 17.9. The lowest BCUT2D eigenvalue weighted by atomic mass is 9.95. The van der Waals surface area contributed by atoms with Crippen molar-refractivity contribution in [1.29, 1.82) is 0 Å². The molecule has 208 valence electrons. The number of rotatable bonds is 6. The Morgan fingerprint density at radius 3 is 2.53 bits per heavy atom. The first-order valence-corrected chi connectivity index (χ1v) is 14.6. The summed E-state index contributed by atoms with van der Waals surface area (Å²) in [4.78, 5) is 4.90. The Balaban J connectivity index is 1.39.